The Morgan fingerprint density at radius 3 is 2.53 bits per heavy atom. The number of sulfonamides is 1. The van der Waals surface area contributed by atoms with Crippen molar-refractivity contribution in [3.63, 3.8) is 0 Å². The number of anilines is 1. The third-order valence-electron chi connectivity index (χ3n) is 4.73. The molecule has 3 rings (SSSR count). The summed E-state index contributed by atoms with van der Waals surface area (Å²) in [5.74, 6) is 1.14. The highest BCUT2D eigenvalue weighted by Gasteiger charge is 2.22. The number of ether oxygens (including phenoxy) is 2. The van der Waals surface area contributed by atoms with Crippen LogP contribution in [0.2, 0.25) is 0 Å². The number of nitrogens with zero attached hydrogens (tertiary/aromatic N) is 2. The van der Waals surface area contributed by atoms with Crippen LogP contribution in [0.5, 0.6) is 11.5 Å². The molecule has 0 aliphatic rings. The summed E-state index contributed by atoms with van der Waals surface area (Å²) in [6.45, 7) is 3.05. The van der Waals surface area contributed by atoms with Crippen molar-refractivity contribution < 1.29 is 22.8 Å². The van der Waals surface area contributed by atoms with E-state index in [0.29, 0.717) is 31.2 Å². The number of rotatable bonds is 10. The number of primary sulfonamides is 1. The summed E-state index contributed by atoms with van der Waals surface area (Å²) in [5, 5.41) is 18.4. The lowest BCUT2D eigenvalue weighted by Crippen LogP contribution is -2.25. The van der Waals surface area contributed by atoms with Crippen molar-refractivity contribution in [2.45, 2.75) is 25.0 Å². The number of thiophene rings is 1. The number of benzene rings is 2. The SMILES string of the molecule is CCN(Cc1ccc(OCc2cccs2)c(OC)c1)c1ccc([N+](=O)[O-])cc1S(N)(=O)=O. The van der Waals surface area contributed by atoms with Crippen LogP contribution >= 0.6 is 11.3 Å². The molecule has 0 bridgehead atoms. The summed E-state index contributed by atoms with van der Waals surface area (Å²) in [6, 6.07) is 13.0. The molecule has 1 heterocycles. The van der Waals surface area contributed by atoms with Crippen molar-refractivity contribution >= 4 is 32.7 Å². The Hall–Kier alpha value is -3.15. The second kappa shape index (κ2) is 9.98. The van der Waals surface area contributed by atoms with Crippen LogP contribution in [0.3, 0.4) is 0 Å². The zero-order valence-corrected chi connectivity index (χ0v) is 19.2. The van der Waals surface area contributed by atoms with Crippen molar-refractivity contribution in [3.05, 3.63) is 74.5 Å². The standard InChI is InChI=1S/C21H23N3O6S2/c1-3-23(18-8-7-16(24(25)26)12-21(18)32(22,27)28)13-15-6-9-19(20(11-15)29-2)30-14-17-5-4-10-31-17/h4-12H,3,13-14H2,1-2H3,(H2,22,27,28). The first-order valence-corrected chi connectivity index (χ1v) is 12.0. The molecule has 0 spiro atoms. The smallest absolute Gasteiger partial charge is 0.270 e. The predicted octanol–water partition coefficient (Wildman–Crippen LogP) is 3.92. The zero-order valence-electron chi connectivity index (χ0n) is 17.6. The van der Waals surface area contributed by atoms with E-state index in [0.717, 1.165) is 16.5 Å². The van der Waals surface area contributed by atoms with Crippen LogP contribution in [-0.2, 0) is 23.2 Å². The highest BCUT2D eigenvalue weighted by molar-refractivity contribution is 7.89. The maximum Gasteiger partial charge on any atom is 0.270 e. The fourth-order valence-corrected chi connectivity index (χ4v) is 4.56. The van der Waals surface area contributed by atoms with Crippen LogP contribution in [0.4, 0.5) is 11.4 Å². The molecule has 0 unspecified atom stereocenters. The molecule has 170 valence electrons. The van der Waals surface area contributed by atoms with E-state index in [-0.39, 0.29) is 16.3 Å². The first kappa shape index (κ1) is 23.5. The minimum Gasteiger partial charge on any atom is -0.493 e. The summed E-state index contributed by atoms with van der Waals surface area (Å²) in [6.07, 6.45) is 0. The Morgan fingerprint density at radius 2 is 1.94 bits per heavy atom. The predicted molar refractivity (Wildman–Crippen MR) is 123 cm³/mol. The van der Waals surface area contributed by atoms with E-state index in [1.165, 1.54) is 12.1 Å². The van der Waals surface area contributed by atoms with E-state index >= 15 is 0 Å². The molecule has 3 aromatic rings. The van der Waals surface area contributed by atoms with Gasteiger partial charge in [-0.05, 0) is 42.1 Å². The highest BCUT2D eigenvalue weighted by atomic mass is 32.2. The molecule has 0 saturated heterocycles. The van der Waals surface area contributed by atoms with Crippen molar-refractivity contribution in [2.75, 3.05) is 18.6 Å². The molecule has 0 saturated carbocycles. The third-order valence-corrected chi connectivity index (χ3v) is 6.52. The van der Waals surface area contributed by atoms with Gasteiger partial charge in [-0.3, -0.25) is 10.1 Å². The summed E-state index contributed by atoms with van der Waals surface area (Å²) >= 11 is 1.60. The van der Waals surface area contributed by atoms with E-state index in [2.05, 4.69) is 0 Å². The van der Waals surface area contributed by atoms with Gasteiger partial charge in [0.1, 0.15) is 11.5 Å². The molecule has 1 aromatic heterocycles. The van der Waals surface area contributed by atoms with Crippen molar-refractivity contribution in [2.24, 2.45) is 5.14 Å². The van der Waals surface area contributed by atoms with Crippen LogP contribution in [0.1, 0.15) is 17.4 Å². The van der Waals surface area contributed by atoms with E-state index in [9.17, 15) is 18.5 Å². The molecule has 0 aliphatic carbocycles. The number of nitrogens with two attached hydrogens (primary N) is 1. The third kappa shape index (κ3) is 5.55. The Balaban J connectivity index is 1.87. The molecule has 9 nitrogen and oxygen atoms in total. The molecule has 0 atom stereocenters. The van der Waals surface area contributed by atoms with Gasteiger partial charge in [0.05, 0.1) is 17.7 Å². The summed E-state index contributed by atoms with van der Waals surface area (Å²) in [7, 11) is -2.63. The molecule has 0 fully saturated rings. The highest BCUT2D eigenvalue weighted by Crippen LogP contribution is 2.33. The molecule has 11 heteroatoms. The fraction of sp³-hybridized carbons (Fsp3) is 0.238. The lowest BCUT2D eigenvalue weighted by Gasteiger charge is -2.25. The number of nitro benzene ring substituents is 1. The normalized spacial score (nSPS) is 11.2. The number of hydrogen-bond acceptors (Lipinski definition) is 8. The van der Waals surface area contributed by atoms with E-state index < -0.39 is 14.9 Å². The Kier molecular flexibility index (Phi) is 7.33. The fourth-order valence-electron chi connectivity index (χ4n) is 3.17. The minimum atomic E-state index is -4.18. The van der Waals surface area contributed by atoms with Gasteiger partial charge in [0, 0.05) is 30.1 Å². The van der Waals surface area contributed by atoms with E-state index in [1.807, 2.05) is 36.6 Å². The van der Waals surface area contributed by atoms with Gasteiger partial charge in [-0.1, -0.05) is 12.1 Å². The van der Waals surface area contributed by atoms with Gasteiger partial charge >= 0.3 is 0 Å². The van der Waals surface area contributed by atoms with E-state index in [1.54, 1.807) is 29.4 Å². The molecule has 0 radical (unpaired) electrons. The molecule has 0 amide bonds. The molecule has 2 N–H and O–H groups in total. The van der Waals surface area contributed by atoms with Crippen molar-refractivity contribution in [1.82, 2.24) is 0 Å². The maximum absolute atomic E-state index is 12.1. The van der Waals surface area contributed by atoms with Gasteiger partial charge < -0.3 is 14.4 Å². The number of hydrogen-bond donors (Lipinski definition) is 1. The topological polar surface area (TPSA) is 125 Å². The molecule has 0 aliphatic heterocycles. The molecular weight excluding hydrogens is 454 g/mol. The average Bonchev–Trinajstić information content (AvgIpc) is 3.29. The summed E-state index contributed by atoms with van der Waals surface area (Å²) in [4.78, 5) is 13.0. The molecule has 2 aromatic carbocycles. The van der Waals surface area contributed by atoms with Crippen LogP contribution < -0.4 is 19.5 Å². The lowest BCUT2D eigenvalue weighted by atomic mass is 10.1. The van der Waals surface area contributed by atoms with Gasteiger partial charge in [0.25, 0.3) is 5.69 Å². The molecule has 32 heavy (non-hydrogen) atoms. The van der Waals surface area contributed by atoms with Crippen molar-refractivity contribution in [1.29, 1.82) is 0 Å². The minimum absolute atomic E-state index is 0.289. The van der Waals surface area contributed by atoms with Crippen LogP contribution in [0, 0.1) is 10.1 Å². The first-order valence-electron chi connectivity index (χ1n) is 9.61. The Labute approximate surface area is 190 Å². The van der Waals surface area contributed by atoms with E-state index in [4.69, 9.17) is 14.6 Å². The quantitative estimate of drug-likeness (QED) is 0.346. The van der Waals surface area contributed by atoms with Crippen LogP contribution in [0.15, 0.2) is 58.8 Å². The average molecular weight is 478 g/mol. The second-order valence-corrected chi connectivity index (χ2v) is 9.38. The maximum atomic E-state index is 12.1. The number of non-ortho nitro benzene ring substituents is 1. The number of methoxy groups -OCH3 is 1. The zero-order chi connectivity index (χ0) is 23.3. The monoisotopic (exact) mass is 477 g/mol. The van der Waals surface area contributed by atoms with Gasteiger partial charge in [0.15, 0.2) is 11.5 Å². The number of nitro groups is 1. The van der Waals surface area contributed by atoms with Gasteiger partial charge in [0.2, 0.25) is 10.0 Å². The van der Waals surface area contributed by atoms with Crippen LogP contribution in [-0.4, -0.2) is 27.0 Å². The Bertz CT molecular complexity index is 1200. The van der Waals surface area contributed by atoms with Gasteiger partial charge in [-0.25, -0.2) is 13.6 Å². The lowest BCUT2D eigenvalue weighted by molar-refractivity contribution is -0.385. The second-order valence-electron chi connectivity index (χ2n) is 6.82. The van der Waals surface area contributed by atoms with Gasteiger partial charge in [-0.15, -0.1) is 11.3 Å². The van der Waals surface area contributed by atoms with Crippen molar-refractivity contribution in [3.8, 4) is 11.5 Å². The first-order chi connectivity index (χ1) is 15.2. The van der Waals surface area contributed by atoms with Gasteiger partial charge in [-0.2, -0.15) is 0 Å². The summed E-state index contributed by atoms with van der Waals surface area (Å²) in [5.41, 5.74) is 0.784. The largest absolute Gasteiger partial charge is 0.493 e. The summed E-state index contributed by atoms with van der Waals surface area (Å²) < 4.78 is 35.5. The molecular formula is C21H23N3O6S2. The van der Waals surface area contributed by atoms with Crippen LogP contribution in [0.25, 0.3) is 0 Å². The Morgan fingerprint density at radius 1 is 1.16 bits per heavy atom.